The van der Waals surface area contributed by atoms with E-state index in [-0.39, 0.29) is 0 Å². The topological polar surface area (TPSA) is 69.6 Å². The summed E-state index contributed by atoms with van der Waals surface area (Å²) in [7, 11) is 0. The van der Waals surface area contributed by atoms with Crippen LogP contribution < -0.4 is 0 Å². The molecule has 1 aromatic carbocycles. The van der Waals surface area contributed by atoms with Gasteiger partial charge in [-0.25, -0.2) is 0 Å². The Bertz CT molecular complexity index is 823. The Hall–Kier alpha value is -2.41. The van der Waals surface area contributed by atoms with Gasteiger partial charge in [0.05, 0.1) is 5.75 Å². The summed E-state index contributed by atoms with van der Waals surface area (Å²) in [5.74, 6) is 2.54. The van der Waals surface area contributed by atoms with E-state index in [9.17, 15) is 0 Å². The minimum absolute atomic E-state index is 0.559. The maximum atomic E-state index is 5.39. The van der Waals surface area contributed by atoms with Crippen LogP contribution in [-0.4, -0.2) is 25.0 Å². The largest absolute Gasteiger partial charge is 0.425 e. The fourth-order valence-electron chi connectivity index (χ4n) is 2.21. The molecule has 0 aliphatic heterocycles. The van der Waals surface area contributed by atoms with Crippen LogP contribution in [0.3, 0.4) is 0 Å². The summed E-state index contributed by atoms with van der Waals surface area (Å²) in [4.78, 5) is 0. The zero-order valence-corrected chi connectivity index (χ0v) is 13.9. The Morgan fingerprint density at radius 3 is 2.78 bits per heavy atom. The average molecular weight is 327 g/mol. The van der Waals surface area contributed by atoms with Crippen LogP contribution in [0.15, 0.2) is 46.5 Å². The van der Waals surface area contributed by atoms with Crippen molar-refractivity contribution in [1.82, 2.24) is 25.0 Å². The first-order valence-electron chi connectivity index (χ1n) is 7.20. The highest BCUT2D eigenvalue weighted by Gasteiger charge is 2.15. The highest BCUT2D eigenvalue weighted by molar-refractivity contribution is 7.98. The molecule has 2 aromatic heterocycles. The van der Waals surface area contributed by atoms with Crippen molar-refractivity contribution in [3.8, 4) is 11.4 Å². The number of rotatable bonds is 6. The average Bonchev–Trinajstić information content (AvgIpc) is 3.12. The molecule has 23 heavy (non-hydrogen) atoms. The summed E-state index contributed by atoms with van der Waals surface area (Å²) in [5, 5.41) is 17.3. The van der Waals surface area contributed by atoms with Gasteiger partial charge in [0.1, 0.15) is 0 Å². The van der Waals surface area contributed by atoms with Crippen LogP contribution in [0.5, 0.6) is 0 Å². The second-order valence-corrected chi connectivity index (χ2v) is 6.02. The van der Waals surface area contributed by atoms with Crippen LogP contribution in [0, 0.1) is 13.8 Å². The molecule has 7 heteroatoms. The molecule has 2 heterocycles. The number of aromatic nitrogens is 5. The fraction of sp³-hybridized carbons (Fsp3) is 0.250. The van der Waals surface area contributed by atoms with Gasteiger partial charge in [0.2, 0.25) is 11.8 Å². The van der Waals surface area contributed by atoms with E-state index in [4.69, 9.17) is 4.42 Å². The maximum absolute atomic E-state index is 5.39. The Balaban J connectivity index is 1.87. The lowest BCUT2D eigenvalue weighted by Gasteiger charge is -2.07. The molecule has 0 bridgehead atoms. The van der Waals surface area contributed by atoms with Crippen LogP contribution in [0.1, 0.15) is 17.3 Å². The number of allylic oxidation sites excluding steroid dienone is 1. The van der Waals surface area contributed by atoms with Crippen LogP contribution in [0.4, 0.5) is 0 Å². The molecule has 0 amide bonds. The van der Waals surface area contributed by atoms with E-state index in [2.05, 4.69) is 46.0 Å². The second kappa shape index (κ2) is 6.78. The van der Waals surface area contributed by atoms with E-state index >= 15 is 0 Å². The standard InChI is InChI=1S/C16H17N5OS/c1-4-8-21-15(13-7-5-6-11(2)9-13)19-20-16(21)23-10-14-18-17-12(3)22-14/h4-7,9H,1,8,10H2,2-3H3. The fourth-order valence-corrected chi connectivity index (χ4v) is 2.99. The molecule has 0 unspecified atom stereocenters. The molecule has 0 saturated carbocycles. The molecule has 0 atom stereocenters. The molecule has 118 valence electrons. The number of thioether (sulfide) groups is 1. The lowest BCUT2D eigenvalue weighted by molar-refractivity contribution is 0.485. The second-order valence-electron chi connectivity index (χ2n) is 5.08. The maximum Gasteiger partial charge on any atom is 0.226 e. The SMILES string of the molecule is C=CCn1c(SCc2nnc(C)o2)nnc1-c1cccc(C)c1. The number of aryl methyl sites for hydroxylation is 2. The van der Waals surface area contributed by atoms with Gasteiger partial charge in [0, 0.05) is 19.0 Å². The van der Waals surface area contributed by atoms with Crippen molar-refractivity contribution in [2.75, 3.05) is 0 Å². The highest BCUT2D eigenvalue weighted by atomic mass is 32.2. The van der Waals surface area contributed by atoms with Crippen molar-refractivity contribution in [2.24, 2.45) is 0 Å². The molecule has 0 N–H and O–H groups in total. The third-order valence-corrected chi connectivity index (χ3v) is 4.15. The van der Waals surface area contributed by atoms with Gasteiger partial charge >= 0.3 is 0 Å². The number of hydrogen-bond donors (Lipinski definition) is 0. The summed E-state index contributed by atoms with van der Waals surface area (Å²) in [6.45, 7) is 8.30. The molecule has 0 saturated heterocycles. The van der Waals surface area contributed by atoms with E-state index in [1.165, 1.54) is 17.3 Å². The summed E-state index contributed by atoms with van der Waals surface area (Å²) in [6, 6.07) is 8.21. The van der Waals surface area contributed by atoms with E-state index in [0.29, 0.717) is 24.1 Å². The van der Waals surface area contributed by atoms with E-state index < -0.39 is 0 Å². The molecule has 0 aliphatic rings. The minimum Gasteiger partial charge on any atom is -0.425 e. The van der Waals surface area contributed by atoms with Crippen molar-refractivity contribution >= 4 is 11.8 Å². The predicted molar refractivity (Wildman–Crippen MR) is 89.0 cm³/mol. The van der Waals surface area contributed by atoms with Crippen molar-refractivity contribution < 1.29 is 4.42 Å². The molecule has 6 nitrogen and oxygen atoms in total. The molecule has 3 rings (SSSR count). The van der Waals surface area contributed by atoms with E-state index in [0.717, 1.165) is 16.5 Å². The quantitative estimate of drug-likeness (QED) is 0.510. The molecule has 3 aromatic rings. The first-order valence-corrected chi connectivity index (χ1v) is 8.19. The van der Waals surface area contributed by atoms with Gasteiger partial charge in [-0.15, -0.1) is 27.0 Å². The van der Waals surface area contributed by atoms with Gasteiger partial charge in [-0.05, 0) is 13.0 Å². The van der Waals surface area contributed by atoms with Gasteiger partial charge in [0.15, 0.2) is 11.0 Å². The third kappa shape index (κ3) is 3.50. The molecule has 0 aliphatic carbocycles. The third-order valence-electron chi connectivity index (χ3n) is 3.20. The lowest BCUT2D eigenvalue weighted by Crippen LogP contribution is -2.01. The lowest BCUT2D eigenvalue weighted by atomic mass is 10.1. The summed E-state index contributed by atoms with van der Waals surface area (Å²) in [6.07, 6.45) is 1.84. The van der Waals surface area contributed by atoms with Gasteiger partial charge < -0.3 is 4.42 Å². The number of benzene rings is 1. The summed E-state index contributed by atoms with van der Waals surface area (Å²) < 4.78 is 7.43. The predicted octanol–water partition coefficient (Wildman–Crippen LogP) is 3.42. The first-order chi connectivity index (χ1) is 11.2. The van der Waals surface area contributed by atoms with Gasteiger partial charge in [0.25, 0.3) is 0 Å². The molecule has 0 radical (unpaired) electrons. The van der Waals surface area contributed by atoms with Crippen molar-refractivity contribution in [2.45, 2.75) is 31.3 Å². The Morgan fingerprint density at radius 2 is 2.09 bits per heavy atom. The number of nitrogens with zero attached hydrogens (tertiary/aromatic N) is 5. The van der Waals surface area contributed by atoms with Gasteiger partial charge in [-0.1, -0.05) is 41.6 Å². The van der Waals surface area contributed by atoms with Crippen LogP contribution in [0.25, 0.3) is 11.4 Å². The molecule has 0 spiro atoms. The molecular formula is C16H17N5OS. The minimum atomic E-state index is 0.559. The smallest absolute Gasteiger partial charge is 0.226 e. The summed E-state index contributed by atoms with van der Waals surface area (Å²) in [5.41, 5.74) is 2.23. The number of hydrogen-bond acceptors (Lipinski definition) is 6. The first kappa shape index (κ1) is 15.5. The van der Waals surface area contributed by atoms with Crippen LogP contribution in [0.2, 0.25) is 0 Å². The van der Waals surface area contributed by atoms with Crippen molar-refractivity contribution in [1.29, 1.82) is 0 Å². The molecule has 0 fully saturated rings. The van der Waals surface area contributed by atoms with Crippen LogP contribution >= 0.6 is 11.8 Å². The van der Waals surface area contributed by atoms with Crippen molar-refractivity contribution in [3.63, 3.8) is 0 Å². The van der Waals surface area contributed by atoms with Crippen molar-refractivity contribution in [3.05, 3.63) is 54.3 Å². The van der Waals surface area contributed by atoms with Crippen LogP contribution in [-0.2, 0) is 12.3 Å². The molecular weight excluding hydrogens is 310 g/mol. The zero-order chi connectivity index (χ0) is 16.2. The summed E-state index contributed by atoms with van der Waals surface area (Å²) >= 11 is 1.52. The Labute approximate surface area is 138 Å². The Morgan fingerprint density at radius 1 is 1.22 bits per heavy atom. The van der Waals surface area contributed by atoms with Gasteiger partial charge in [-0.3, -0.25) is 4.57 Å². The highest BCUT2D eigenvalue weighted by Crippen LogP contribution is 2.26. The van der Waals surface area contributed by atoms with E-state index in [1.54, 1.807) is 6.92 Å². The zero-order valence-electron chi connectivity index (χ0n) is 13.1. The van der Waals surface area contributed by atoms with E-state index in [1.807, 2.05) is 22.8 Å². The van der Waals surface area contributed by atoms with Gasteiger partial charge in [-0.2, -0.15) is 0 Å². The normalized spacial score (nSPS) is 10.9. The Kier molecular flexibility index (Phi) is 4.57. The monoisotopic (exact) mass is 327 g/mol.